The highest BCUT2D eigenvalue weighted by Gasteiger charge is 2.32. The largest absolute Gasteiger partial charge is 0.352 e. The number of anilines is 1. The molecule has 11 heteroatoms. The van der Waals surface area contributed by atoms with Crippen LogP contribution in [0.1, 0.15) is 56.1 Å². The molecular weight excluding hydrogens is 685 g/mol. The molecule has 3 aromatic carbocycles. The Labute approximate surface area is 279 Å². The Balaban J connectivity index is 1.60. The molecular formula is C33H38BrCl2N3O4S. The monoisotopic (exact) mass is 721 g/mol. The molecule has 4 rings (SSSR count). The van der Waals surface area contributed by atoms with Crippen molar-refractivity contribution in [3.63, 3.8) is 0 Å². The Morgan fingerprint density at radius 3 is 2.30 bits per heavy atom. The number of halogens is 3. The van der Waals surface area contributed by atoms with Crippen LogP contribution >= 0.6 is 39.1 Å². The Hall–Kier alpha value is -2.59. The van der Waals surface area contributed by atoms with Crippen LogP contribution in [0.15, 0.2) is 77.3 Å². The molecule has 1 fully saturated rings. The van der Waals surface area contributed by atoms with E-state index < -0.39 is 16.1 Å². The third-order valence-corrected chi connectivity index (χ3v) is 10.1. The van der Waals surface area contributed by atoms with Crippen LogP contribution in [0.4, 0.5) is 5.69 Å². The van der Waals surface area contributed by atoms with Gasteiger partial charge in [0.25, 0.3) is 0 Å². The van der Waals surface area contributed by atoms with Crippen LogP contribution in [0.5, 0.6) is 0 Å². The molecule has 0 heterocycles. The van der Waals surface area contributed by atoms with E-state index in [4.69, 9.17) is 23.2 Å². The molecule has 3 aromatic rings. The molecule has 1 aliphatic carbocycles. The number of benzene rings is 3. The topological polar surface area (TPSA) is 86.8 Å². The standard InChI is InChI=1S/C33H38BrCl2N3O4S/c1-44(42,43)39(30-22-27(35)18-19-29(30)36)20-8-13-32(40)38(23-25-14-16-26(34)17-15-25)31(21-24-9-4-2-5-10-24)33(41)37-28-11-6-3-7-12-28/h2,4-5,9-10,14-19,22,28,31H,3,6-8,11-13,20-21,23H2,1H3,(H,37,41)/t31-/m1/s1. The Morgan fingerprint density at radius 1 is 0.955 bits per heavy atom. The average Bonchev–Trinajstić information content (AvgIpc) is 2.99. The summed E-state index contributed by atoms with van der Waals surface area (Å²) in [6.07, 6.45) is 6.87. The van der Waals surface area contributed by atoms with E-state index in [2.05, 4.69) is 21.2 Å². The first-order valence-electron chi connectivity index (χ1n) is 14.8. The predicted molar refractivity (Wildman–Crippen MR) is 182 cm³/mol. The Morgan fingerprint density at radius 2 is 1.64 bits per heavy atom. The summed E-state index contributed by atoms with van der Waals surface area (Å²) in [5.74, 6) is -0.409. The summed E-state index contributed by atoms with van der Waals surface area (Å²) >= 11 is 15.9. The molecule has 1 saturated carbocycles. The van der Waals surface area contributed by atoms with Crippen molar-refractivity contribution in [1.29, 1.82) is 0 Å². The molecule has 0 bridgehead atoms. The molecule has 44 heavy (non-hydrogen) atoms. The van der Waals surface area contributed by atoms with Crippen LogP contribution in [0.25, 0.3) is 0 Å². The second-order valence-electron chi connectivity index (χ2n) is 11.2. The number of amides is 2. The molecule has 2 amide bonds. The lowest BCUT2D eigenvalue weighted by atomic mass is 9.94. The average molecular weight is 724 g/mol. The van der Waals surface area contributed by atoms with Crippen molar-refractivity contribution in [2.45, 2.75) is 70.0 Å². The van der Waals surface area contributed by atoms with E-state index in [0.717, 1.165) is 47.5 Å². The van der Waals surface area contributed by atoms with Gasteiger partial charge >= 0.3 is 0 Å². The van der Waals surface area contributed by atoms with E-state index in [1.807, 2.05) is 54.6 Å². The summed E-state index contributed by atoms with van der Waals surface area (Å²) in [6.45, 7) is 0.256. The van der Waals surface area contributed by atoms with Gasteiger partial charge in [-0.3, -0.25) is 13.9 Å². The summed E-state index contributed by atoms with van der Waals surface area (Å²) in [5.41, 5.74) is 2.09. The van der Waals surface area contributed by atoms with Crippen molar-refractivity contribution in [3.05, 3.63) is 98.4 Å². The van der Waals surface area contributed by atoms with E-state index in [9.17, 15) is 18.0 Å². The van der Waals surface area contributed by atoms with E-state index in [-0.39, 0.29) is 54.5 Å². The first-order chi connectivity index (χ1) is 21.0. The summed E-state index contributed by atoms with van der Waals surface area (Å²) in [4.78, 5) is 29.6. The minimum atomic E-state index is -3.72. The number of nitrogens with one attached hydrogen (secondary N) is 1. The summed E-state index contributed by atoms with van der Waals surface area (Å²) in [7, 11) is -3.72. The van der Waals surface area contributed by atoms with Gasteiger partial charge in [-0.15, -0.1) is 0 Å². The molecule has 0 unspecified atom stereocenters. The van der Waals surface area contributed by atoms with E-state index in [1.165, 1.54) is 16.8 Å². The maximum absolute atomic E-state index is 14.1. The van der Waals surface area contributed by atoms with Gasteiger partial charge in [-0.25, -0.2) is 8.42 Å². The van der Waals surface area contributed by atoms with Gasteiger partial charge < -0.3 is 10.2 Å². The fraction of sp³-hybridized carbons (Fsp3) is 0.394. The molecule has 0 spiro atoms. The molecule has 1 atom stereocenters. The van der Waals surface area contributed by atoms with Gasteiger partial charge in [0.05, 0.1) is 17.0 Å². The van der Waals surface area contributed by atoms with E-state index in [0.29, 0.717) is 11.4 Å². The second kappa shape index (κ2) is 16.1. The number of carbonyl (C=O) groups is 2. The first kappa shape index (κ1) is 34.3. The van der Waals surface area contributed by atoms with Crippen LogP contribution in [-0.2, 0) is 32.6 Å². The molecule has 0 radical (unpaired) electrons. The van der Waals surface area contributed by atoms with Gasteiger partial charge in [-0.2, -0.15) is 0 Å². The van der Waals surface area contributed by atoms with E-state index >= 15 is 0 Å². The lowest BCUT2D eigenvalue weighted by Crippen LogP contribution is -2.52. The number of rotatable bonds is 13. The molecule has 0 saturated heterocycles. The van der Waals surface area contributed by atoms with Gasteiger partial charge in [-0.05, 0) is 60.7 Å². The highest BCUT2D eigenvalue weighted by Crippen LogP contribution is 2.31. The van der Waals surface area contributed by atoms with Crippen LogP contribution in [0.3, 0.4) is 0 Å². The Kier molecular flexibility index (Phi) is 12.6. The molecule has 0 aliphatic heterocycles. The van der Waals surface area contributed by atoms with Gasteiger partial charge in [0, 0.05) is 41.5 Å². The highest BCUT2D eigenvalue weighted by molar-refractivity contribution is 9.10. The van der Waals surface area contributed by atoms with Gasteiger partial charge in [0.1, 0.15) is 6.04 Å². The van der Waals surface area contributed by atoms with Crippen molar-refractivity contribution in [3.8, 4) is 0 Å². The van der Waals surface area contributed by atoms with Crippen LogP contribution < -0.4 is 9.62 Å². The van der Waals surface area contributed by atoms with Crippen molar-refractivity contribution in [1.82, 2.24) is 10.2 Å². The van der Waals surface area contributed by atoms with Crippen molar-refractivity contribution >= 4 is 66.7 Å². The van der Waals surface area contributed by atoms with Crippen molar-refractivity contribution in [2.75, 3.05) is 17.1 Å². The van der Waals surface area contributed by atoms with Crippen molar-refractivity contribution < 1.29 is 18.0 Å². The minimum absolute atomic E-state index is 0.0222. The molecule has 0 aromatic heterocycles. The lowest BCUT2D eigenvalue weighted by Gasteiger charge is -2.34. The van der Waals surface area contributed by atoms with Gasteiger partial charge in [0.2, 0.25) is 21.8 Å². The van der Waals surface area contributed by atoms with Crippen LogP contribution in [0.2, 0.25) is 10.0 Å². The van der Waals surface area contributed by atoms with Crippen LogP contribution in [-0.4, -0.2) is 50.0 Å². The zero-order valence-corrected chi connectivity index (χ0v) is 28.6. The van der Waals surface area contributed by atoms with Crippen LogP contribution in [0, 0.1) is 0 Å². The minimum Gasteiger partial charge on any atom is -0.352 e. The smallest absolute Gasteiger partial charge is 0.243 e. The maximum atomic E-state index is 14.1. The molecule has 7 nitrogen and oxygen atoms in total. The van der Waals surface area contributed by atoms with E-state index in [1.54, 1.807) is 17.0 Å². The summed E-state index contributed by atoms with van der Waals surface area (Å²) < 4.78 is 27.6. The number of hydrogen-bond donors (Lipinski definition) is 1. The number of hydrogen-bond acceptors (Lipinski definition) is 4. The number of carbonyl (C=O) groups excluding carboxylic acids is 2. The maximum Gasteiger partial charge on any atom is 0.243 e. The van der Waals surface area contributed by atoms with Gasteiger partial charge in [0.15, 0.2) is 0 Å². The number of sulfonamides is 1. The summed E-state index contributed by atoms with van der Waals surface area (Å²) in [6, 6.07) is 21.3. The highest BCUT2D eigenvalue weighted by atomic mass is 79.9. The SMILES string of the molecule is CS(=O)(=O)N(CCCC(=O)N(Cc1ccc(Br)cc1)[C@H](Cc1ccccc1)C(=O)NC1CCCCC1)c1cc(Cl)ccc1Cl. The first-order valence-corrected chi connectivity index (χ1v) is 18.2. The third kappa shape index (κ3) is 9.96. The lowest BCUT2D eigenvalue weighted by molar-refractivity contribution is -0.141. The predicted octanol–water partition coefficient (Wildman–Crippen LogP) is 7.39. The quantitative estimate of drug-likeness (QED) is 0.199. The third-order valence-electron chi connectivity index (χ3n) is 7.82. The number of nitrogens with zero attached hydrogens (tertiary/aromatic N) is 2. The molecule has 1 aliphatic rings. The molecule has 1 N–H and O–H groups in total. The summed E-state index contributed by atoms with van der Waals surface area (Å²) in [5, 5.41) is 3.83. The Bertz CT molecular complexity index is 1520. The zero-order chi connectivity index (χ0) is 31.7. The second-order valence-corrected chi connectivity index (χ2v) is 14.9. The van der Waals surface area contributed by atoms with Crippen molar-refractivity contribution in [2.24, 2.45) is 0 Å². The normalized spacial score (nSPS) is 14.5. The van der Waals surface area contributed by atoms with Gasteiger partial charge in [-0.1, -0.05) is 101 Å². The zero-order valence-electron chi connectivity index (χ0n) is 24.7. The fourth-order valence-corrected chi connectivity index (χ4v) is 7.21. The fourth-order valence-electron chi connectivity index (χ4n) is 5.54. The molecule has 236 valence electrons.